The van der Waals surface area contributed by atoms with Gasteiger partial charge in [-0.15, -0.1) is 11.6 Å². The molecule has 1 atom stereocenters. The summed E-state index contributed by atoms with van der Waals surface area (Å²) in [5, 5.41) is 3.79. The quantitative estimate of drug-likeness (QED) is 0.763. The highest BCUT2D eigenvalue weighted by atomic mass is 35.5. The summed E-state index contributed by atoms with van der Waals surface area (Å²) in [7, 11) is 0. The summed E-state index contributed by atoms with van der Waals surface area (Å²) in [6.07, 6.45) is 5.89. The van der Waals surface area contributed by atoms with E-state index in [1.54, 1.807) is 0 Å². The van der Waals surface area contributed by atoms with E-state index in [9.17, 15) is 0 Å². The van der Waals surface area contributed by atoms with Gasteiger partial charge in [0, 0.05) is 18.0 Å². The Morgan fingerprint density at radius 2 is 1.94 bits per heavy atom. The smallest absolute Gasteiger partial charge is 0.0224 e. The lowest BCUT2D eigenvalue weighted by Gasteiger charge is -2.21. The molecule has 1 aromatic rings. The number of benzene rings is 1. The summed E-state index contributed by atoms with van der Waals surface area (Å²) < 4.78 is 0. The molecule has 1 nitrogen and oxygen atoms in total. The molecule has 0 spiro atoms. The van der Waals surface area contributed by atoms with Crippen molar-refractivity contribution in [3.63, 3.8) is 0 Å². The van der Waals surface area contributed by atoms with Crippen LogP contribution in [0.4, 0.5) is 0 Å². The molecule has 1 N–H and O–H groups in total. The van der Waals surface area contributed by atoms with Crippen LogP contribution in [0.1, 0.15) is 37.3 Å². The molecule has 2 rings (SSSR count). The number of alkyl halides is 1. The minimum atomic E-state index is 0.632. The predicted molar refractivity (Wildman–Crippen MR) is 74.8 cm³/mol. The van der Waals surface area contributed by atoms with Gasteiger partial charge in [0.1, 0.15) is 0 Å². The lowest BCUT2D eigenvalue weighted by molar-refractivity contribution is 0.402. The molecule has 1 unspecified atom stereocenters. The Bertz CT molecular complexity index is 326. The van der Waals surface area contributed by atoms with Crippen LogP contribution in [0.2, 0.25) is 0 Å². The molecular weight excluding hydrogens is 230 g/mol. The van der Waals surface area contributed by atoms with Crippen molar-refractivity contribution in [1.82, 2.24) is 5.32 Å². The molecule has 0 heterocycles. The zero-order chi connectivity index (χ0) is 12.1. The zero-order valence-corrected chi connectivity index (χ0v) is 11.3. The molecule has 2 heteroatoms. The lowest BCUT2D eigenvalue weighted by atomic mass is 10.1. The average Bonchev–Trinajstić information content (AvgIpc) is 2.76. The van der Waals surface area contributed by atoms with E-state index in [4.69, 9.17) is 11.6 Å². The van der Waals surface area contributed by atoms with Crippen molar-refractivity contribution in [2.45, 2.75) is 51.1 Å². The minimum Gasteiger partial charge on any atom is -0.311 e. The van der Waals surface area contributed by atoms with Gasteiger partial charge in [-0.05, 0) is 43.2 Å². The fraction of sp³-hybridized carbons (Fsp3) is 0.600. The molecule has 0 radical (unpaired) electrons. The van der Waals surface area contributed by atoms with Crippen molar-refractivity contribution in [3.05, 3.63) is 35.4 Å². The highest BCUT2D eigenvalue weighted by Crippen LogP contribution is 2.22. The monoisotopic (exact) mass is 251 g/mol. The first-order chi connectivity index (χ1) is 8.33. The second-order valence-electron chi connectivity index (χ2n) is 4.98. The molecule has 1 aliphatic rings. The number of nitrogens with one attached hydrogen (secondary N) is 1. The first kappa shape index (κ1) is 12.9. The molecule has 1 aromatic carbocycles. The van der Waals surface area contributed by atoms with E-state index in [2.05, 4.69) is 36.5 Å². The Kier molecular flexibility index (Phi) is 4.87. The summed E-state index contributed by atoms with van der Waals surface area (Å²) in [4.78, 5) is 0. The molecule has 0 amide bonds. The van der Waals surface area contributed by atoms with Gasteiger partial charge in [-0.25, -0.2) is 0 Å². The summed E-state index contributed by atoms with van der Waals surface area (Å²) in [5.74, 6) is 0.781. The van der Waals surface area contributed by atoms with Crippen molar-refractivity contribution in [1.29, 1.82) is 0 Å². The summed E-state index contributed by atoms with van der Waals surface area (Å²) in [6.45, 7) is 2.26. The van der Waals surface area contributed by atoms with Gasteiger partial charge in [-0.2, -0.15) is 0 Å². The normalized spacial score (nSPS) is 17.1. The van der Waals surface area contributed by atoms with Crippen LogP contribution in [0, 0.1) is 0 Å². The van der Waals surface area contributed by atoms with Crippen LogP contribution in [0.25, 0.3) is 0 Å². The SMILES string of the molecule is CCC(CCCCl)NC1Cc2ccccc2C1. The fourth-order valence-electron chi connectivity index (χ4n) is 2.74. The van der Waals surface area contributed by atoms with Crippen LogP contribution in [-0.4, -0.2) is 18.0 Å². The second kappa shape index (κ2) is 6.42. The van der Waals surface area contributed by atoms with Crippen LogP contribution in [0.15, 0.2) is 24.3 Å². The fourth-order valence-corrected chi connectivity index (χ4v) is 2.89. The Hall–Kier alpha value is -0.530. The van der Waals surface area contributed by atoms with Crippen molar-refractivity contribution in [2.75, 3.05) is 5.88 Å². The molecule has 0 saturated heterocycles. The molecule has 94 valence electrons. The summed E-state index contributed by atoms with van der Waals surface area (Å²) in [5.41, 5.74) is 3.05. The number of hydrogen-bond donors (Lipinski definition) is 1. The predicted octanol–water partition coefficient (Wildman–Crippen LogP) is 3.54. The van der Waals surface area contributed by atoms with Crippen LogP contribution in [0.5, 0.6) is 0 Å². The van der Waals surface area contributed by atoms with Crippen molar-refractivity contribution in [3.8, 4) is 0 Å². The summed E-state index contributed by atoms with van der Waals surface area (Å²) >= 11 is 5.76. The highest BCUT2D eigenvalue weighted by molar-refractivity contribution is 6.17. The van der Waals surface area contributed by atoms with E-state index in [1.165, 1.54) is 36.8 Å². The topological polar surface area (TPSA) is 12.0 Å². The first-order valence-electron chi connectivity index (χ1n) is 6.72. The van der Waals surface area contributed by atoms with Gasteiger partial charge < -0.3 is 5.32 Å². The largest absolute Gasteiger partial charge is 0.311 e. The van der Waals surface area contributed by atoms with Gasteiger partial charge in [0.15, 0.2) is 0 Å². The maximum absolute atomic E-state index is 5.76. The van der Waals surface area contributed by atoms with Crippen LogP contribution < -0.4 is 5.32 Å². The van der Waals surface area contributed by atoms with Crippen LogP contribution in [-0.2, 0) is 12.8 Å². The number of rotatable bonds is 6. The first-order valence-corrected chi connectivity index (χ1v) is 7.25. The number of fused-ring (bicyclic) bond motifs is 1. The molecule has 1 aliphatic carbocycles. The lowest BCUT2D eigenvalue weighted by Crippen LogP contribution is -2.38. The van der Waals surface area contributed by atoms with Crippen LogP contribution in [0.3, 0.4) is 0 Å². The molecule has 0 aliphatic heterocycles. The molecule has 0 fully saturated rings. The summed E-state index contributed by atoms with van der Waals surface area (Å²) in [6, 6.07) is 10.1. The average molecular weight is 252 g/mol. The Labute approximate surface area is 110 Å². The standard InChI is InChI=1S/C15H22ClN/c1-2-14(8-5-9-16)17-15-10-12-6-3-4-7-13(12)11-15/h3-4,6-7,14-15,17H,2,5,8-11H2,1H3. The Morgan fingerprint density at radius 1 is 1.29 bits per heavy atom. The molecule has 17 heavy (non-hydrogen) atoms. The third-order valence-corrected chi connectivity index (χ3v) is 3.97. The maximum atomic E-state index is 5.76. The third-order valence-electron chi connectivity index (χ3n) is 3.70. The van der Waals surface area contributed by atoms with E-state index < -0.39 is 0 Å². The van der Waals surface area contributed by atoms with Crippen molar-refractivity contribution < 1.29 is 0 Å². The van der Waals surface area contributed by atoms with Gasteiger partial charge in [-0.3, -0.25) is 0 Å². The molecular formula is C15H22ClN. The van der Waals surface area contributed by atoms with Crippen molar-refractivity contribution >= 4 is 11.6 Å². The Balaban J connectivity index is 1.85. The minimum absolute atomic E-state index is 0.632. The van der Waals surface area contributed by atoms with E-state index >= 15 is 0 Å². The van der Waals surface area contributed by atoms with Gasteiger partial charge in [-0.1, -0.05) is 31.2 Å². The van der Waals surface area contributed by atoms with Gasteiger partial charge in [0.05, 0.1) is 0 Å². The van der Waals surface area contributed by atoms with Gasteiger partial charge in [0.2, 0.25) is 0 Å². The molecule has 0 saturated carbocycles. The van der Waals surface area contributed by atoms with Gasteiger partial charge >= 0.3 is 0 Å². The zero-order valence-electron chi connectivity index (χ0n) is 10.6. The number of hydrogen-bond acceptors (Lipinski definition) is 1. The second-order valence-corrected chi connectivity index (χ2v) is 5.35. The van der Waals surface area contributed by atoms with E-state index in [-0.39, 0.29) is 0 Å². The maximum Gasteiger partial charge on any atom is 0.0224 e. The van der Waals surface area contributed by atoms with E-state index in [1.807, 2.05) is 0 Å². The molecule has 0 aromatic heterocycles. The van der Waals surface area contributed by atoms with E-state index in [0.29, 0.717) is 12.1 Å². The highest BCUT2D eigenvalue weighted by Gasteiger charge is 2.22. The van der Waals surface area contributed by atoms with E-state index in [0.717, 1.165) is 12.3 Å². The molecule has 0 bridgehead atoms. The van der Waals surface area contributed by atoms with Crippen LogP contribution >= 0.6 is 11.6 Å². The van der Waals surface area contributed by atoms with Gasteiger partial charge in [0.25, 0.3) is 0 Å². The number of halogens is 1. The Morgan fingerprint density at radius 3 is 2.47 bits per heavy atom. The third kappa shape index (κ3) is 3.46. The van der Waals surface area contributed by atoms with Crippen molar-refractivity contribution in [2.24, 2.45) is 0 Å².